The number of rotatable bonds is 3. The molecule has 1 fully saturated rings. The van der Waals surface area contributed by atoms with Crippen molar-refractivity contribution >= 4 is 5.91 Å². The molecule has 3 heteroatoms. The molecule has 1 heterocycles. The number of nitrogens with zero attached hydrogens (tertiary/aromatic N) is 1. The Hall–Kier alpha value is -2.29. The Morgan fingerprint density at radius 2 is 1.64 bits per heavy atom. The zero-order valence-electron chi connectivity index (χ0n) is 12.9. The molecule has 0 aliphatic carbocycles. The third kappa shape index (κ3) is 2.98. The number of likely N-dealkylation sites (tertiary alicyclic amines) is 1. The van der Waals surface area contributed by atoms with Crippen LogP contribution in [0.15, 0.2) is 54.6 Å². The van der Waals surface area contributed by atoms with Gasteiger partial charge in [-0.3, -0.25) is 4.79 Å². The van der Waals surface area contributed by atoms with Gasteiger partial charge in [-0.25, -0.2) is 0 Å². The molecule has 2 aromatic rings. The average Bonchev–Trinajstić information content (AvgIpc) is 2.62. The van der Waals surface area contributed by atoms with E-state index in [1.54, 1.807) is 7.11 Å². The van der Waals surface area contributed by atoms with Gasteiger partial charge in [0.2, 0.25) is 0 Å². The molecule has 0 N–H and O–H groups in total. The maximum atomic E-state index is 12.5. The first-order chi connectivity index (χ1) is 10.8. The standard InChI is InChI=1S/C19H21NO2/c1-22-18-10-6-5-9-17(18)15-11-13-20(14-12-15)19(21)16-7-3-2-4-8-16/h2-10,15H,11-14H2,1H3. The van der Waals surface area contributed by atoms with Crippen LogP contribution >= 0.6 is 0 Å². The SMILES string of the molecule is COc1ccccc1C1CCN(C(=O)c2ccccc2)CC1. The number of hydrogen-bond acceptors (Lipinski definition) is 2. The molecule has 0 aromatic heterocycles. The Morgan fingerprint density at radius 1 is 1.00 bits per heavy atom. The topological polar surface area (TPSA) is 29.5 Å². The van der Waals surface area contributed by atoms with Gasteiger partial charge in [0.1, 0.15) is 5.75 Å². The number of piperidine rings is 1. The summed E-state index contributed by atoms with van der Waals surface area (Å²) in [6.45, 7) is 1.60. The van der Waals surface area contributed by atoms with Gasteiger partial charge in [0.25, 0.3) is 5.91 Å². The van der Waals surface area contributed by atoms with Crippen LogP contribution in [0, 0.1) is 0 Å². The number of methoxy groups -OCH3 is 1. The molecule has 0 unspecified atom stereocenters. The van der Waals surface area contributed by atoms with E-state index in [2.05, 4.69) is 12.1 Å². The first-order valence-corrected chi connectivity index (χ1v) is 7.77. The smallest absolute Gasteiger partial charge is 0.253 e. The minimum Gasteiger partial charge on any atom is -0.496 e. The van der Waals surface area contributed by atoms with Crippen molar-refractivity contribution in [3.8, 4) is 5.75 Å². The molecule has 1 amide bonds. The van der Waals surface area contributed by atoms with Gasteiger partial charge >= 0.3 is 0 Å². The Bertz CT molecular complexity index is 631. The average molecular weight is 295 g/mol. The fourth-order valence-electron chi connectivity index (χ4n) is 3.16. The highest BCUT2D eigenvalue weighted by Crippen LogP contribution is 2.34. The lowest BCUT2D eigenvalue weighted by atomic mass is 9.88. The van der Waals surface area contributed by atoms with Crippen molar-refractivity contribution in [1.82, 2.24) is 4.90 Å². The van der Waals surface area contributed by atoms with Crippen LogP contribution in [0.4, 0.5) is 0 Å². The van der Waals surface area contributed by atoms with Crippen molar-refractivity contribution < 1.29 is 9.53 Å². The molecule has 2 aromatic carbocycles. The minimum atomic E-state index is 0.138. The van der Waals surface area contributed by atoms with E-state index in [-0.39, 0.29) is 5.91 Å². The van der Waals surface area contributed by atoms with Gasteiger partial charge in [0.05, 0.1) is 7.11 Å². The second kappa shape index (κ2) is 6.65. The van der Waals surface area contributed by atoms with Crippen molar-refractivity contribution in [3.05, 3.63) is 65.7 Å². The second-order valence-electron chi connectivity index (χ2n) is 5.67. The Morgan fingerprint density at radius 3 is 2.32 bits per heavy atom. The quantitative estimate of drug-likeness (QED) is 0.864. The zero-order chi connectivity index (χ0) is 15.4. The van der Waals surface area contributed by atoms with Crippen LogP contribution in [0.3, 0.4) is 0 Å². The van der Waals surface area contributed by atoms with E-state index in [0.717, 1.165) is 37.2 Å². The lowest BCUT2D eigenvalue weighted by molar-refractivity contribution is 0.0712. The van der Waals surface area contributed by atoms with Gasteiger partial charge in [-0.05, 0) is 42.5 Å². The van der Waals surface area contributed by atoms with E-state index in [1.807, 2.05) is 47.4 Å². The monoisotopic (exact) mass is 295 g/mol. The van der Waals surface area contributed by atoms with E-state index in [9.17, 15) is 4.79 Å². The van der Waals surface area contributed by atoms with Gasteiger partial charge in [0.15, 0.2) is 0 Å². The Kier molecular flexibility index (Phi) is 4.42. The van der Waals surface area contributed by atoms with Crippen LogP contribution < -0.4 is 4.74 Å². The largest absolute Gasteiger partial charge is 0.496 e. The zero-order valence-corrected chi connectivity index (χ0v) is 12.9. The number of carbonyl (C=O) groups is 1. The summed E-state index contributed by atoms with van der Waals surface area (Å²) in [7, 11) is 1.72. The van der Waals surface area contributed by atoms with E-state index in [1.165, 1.54) is 5.56 Å². The van der Waals surface area contributed by atoms with Gasteiger partial charge < -0.3 is 9.64 Å². The second-order valence-corrected chi connectivity index (χ2v) is 5.67. The molecule has 0 saturated carbocycles. The summed E-state index contributed by atoms with van der Waals surface area (Å²) in [6, 6.07) is 17.7. The number of ether oxygens (including phenoxy) is 1. The van der Waals surface area contributed by atoms with Crippen molar-refractivity contribution in [2.75, 3.05) is 20.2 Å². The van der Waals surface area contributed by atoms with E-state index < -0.39 is 0 Å². The molecule has 1 aliphatic rings. The Balaban J connectivity index is 1.67. The third-order valence-corrected chi connectivity index (χ3v) is 4.38. The van der Waals surface area contributed by atoms with Gasteiger partial charge in [-0.1, -0.05) is 36.4 Å². The van der Waals surface area contributed by atoms with Crippen LogP contribution in [-0.2, 0) is 0 Å². The predicted molar refractivity (Wildman–Crippen MR) is 87.3 cm³/mol. The summed E-state index contributed by atoms with van der Waals surface area (Å²) in [4.78, 5) is 14.4. The molecular weight excluding hydrogens is 274 g/mol. The maximum absolute atomic E-state index is 12.5. The van der Waals surface area contributed by atoms with Crippen molar-refractivity contribution in [2.24, 2.45) is 0 Å². The van der Waals surface area contributed by atoms with Crippen LogP contribution in [-0.4, -0.2) is 31.0 Å². The number of para-hydroxylation sites is 1. The van der Waals surface area contributed by atoms with Crippen LogP contribution in [0.2, 0.25) is 0 Å². The van der Waals surface area contributed by atoms with Gasteiger partial charge in [-0.15, -0.1) is 0 Å². The molecule has 22 heavy (non-hydrogen) atoms. The van der Waals surface area contributed by atoms with Crippen molar-refractivity contribution in [3.63, 3.8) is 0 Å². The summed E-state index contributed by atoms with van der Waals surface area (Å²) in [5.41, 5.74) is 2.04. The van der Waals surface area contributed by atoms with Crippen molar-refractivity contribution in [2.45, 2.75) is 18.8 Å². The lowest BCUT2D eigenvalue weighted by Crippen LogP contribution is -2.37. The summed E-state index contributed by atoms with van der Waals surface area (Å²) in [5.74, 6) is 1.56. The first kappa shape index (κ1) is 14.6. The number of carbonyl (C=O) groups excluding carboxylic acids is 1. The van der Waals surface area contributed by atoms with Crippen molar-refractivity contribution in [1.29, 1.82) is 0 Å². The molecule has 1 saturated heterocycles. The molecule has 1 aliphatic heterocycles. The third-order valence-electron chi connectivity index (χ3n) is 4.38. The van der Waals surface area contributed by atoms with Gasteiger partial charge in [-0.2, -0.15) is 0 Å². The van der Waals surface area contributed by atoms with E-state index >= 15 is 0 Å². The molecule has 0 bridgehead atoms. The Labute approximate surface area is 131 Å². The molecule has 0 atom stereocenters. The molecular formula is C19H21NO2. The molecule has 114 valence electrons. The highest BCUT2D eigenvalue weighted by molar-refractivity contribution is 5.94. The number of amides is 1. The highest BCUT2D eigenvalue weighted by atomic mass is 16.5. The van der Waals surface area contributed by atoms with Gasteiger partial charge in [0, 0.05) is 18.7 Å². The summed E-state index contributed by atoms with van der Waals surface area (Å²) < 4.78 is 5.46. The predicted octanol–water partition coefficient (Wildman–Crippen LogP) is 3.72. The summed E-state index contributed by atoms with van der Waals surface area (Å²) >= 11 is 0. The molecule has 3 rings (SSSR count). The molecule has 0 radical (unpaired) electrons. The van der Waals surface area contributed by atoms with E-state index in [0.29, 0.717) is 5.92 Å². The number of benzene rings is 2. The van der Waals surface area contributed by atoms with Crippen LogP contribution in [0.1, 0.15) is 34.7 Å². The number of hydrogen-bond donors (Lipinski definition) is 0. The summed E-state index contributed by atoms with van der Waals surface area (Å²) in [6.07, 6.45) is 1.97. The van der Waals surface area contributed by atoms with E-state index in [4.69, 9.17) is 4.74 Å². The molecule has 0 spiro atoms. The highest BCUT2D eigenvalue weighted by Gasteiger charge is 2.25. The maximum Gasteiger partial charge on any atom is 0.253 e. The fraction of sp³-hybridized carbons (Fsp3) is 0.316. The molecule has 3 nitrogen and oxygen atoms in total. The van der Waals surface area contributed by atoms with Crippen LogP contribution in [0.5, 0.6) is 5.75 Å². The fourth-order valence-corrected chi connectivity index (χ4v) is 3.16. The minimum absolute atomic E-state index is 0.138. The summed E-state index contributed by atoms with van der Waals surface area (Å²) in [5, 5.41) is 0. The normalized spacial score (nSPS) is 15.6. The van der Waals surface area contributed by atoms with Crippen LogP contribution in [0.25, 0.3) is 0 Å². The lowest BCUT2D eigenvalue weighted by Gasteiger charge is -2.32. The first-order valence-electron chi connectivity index (χ1n) is 7.77.